The van der Waals surface area contributed by atoms with Crippen molar-refractivity contribution in [2.45, 2.75) is 25.0 Å². The summed E-state index contributed by atoms with van der Waals surface area (Å²) in [5.41, 5.74) is 0. The quantitative estimate of drug-likeness (QED) is 0.678. The van der Waals surface area contributed by atoms with Crippen LogP contribution in [-0.4, -0.2) is 42.9 Å². The van der Waals surface area contributed by atoms with Crippen LogP contribution in [0, 0.1) is 5.82 Å². The lowest BCUT2D eigenvalue weighted by Gasteiger charge is -2.15. The van der Waals surface area contributed by atoms with Crippen molar-refractivity contribution in [3.05, 3.63) is 30.1 Å². The van der Waals surface area contributed by atoms with E-state index in [-0.39, 0.29) is 24.4 Å². The number of amides is 1. The largest absolute Gasteiger partial charge is 0.491 e. The number of rotatable bonds is 7. The summed E-state index contributed by atoms with van der Waals surface area (Å²) in [5.74, 6) is 0.281. The van der Waals surface area contributed by atoms with Crippen LogP contribution in [0.15, 0.2) is 24.3 Å². The second-order valence-corrected chi connectivity index (χ2v) is 4.88. The van der Waals surface area contributed by atoms with Gasteiger partial charge >= 0.3 is 0 Å². The summed E-state index contributed by atoms with van der Waals surface area (Å²) in [6.07, 6.45) is 0.744. The minimum Gasteiger partial charge on any atom is -0.491 e. The highest BCUT2D eigenvalue weighted by Crippen LogP contribution is 2.11. The van der Waals surface area contributed by atoms with E-state index in [4.69, 9.17) is 4.74 Å². The summed E-state index contributed by atoms with van der Waals surface area (Å²) in [7, 11) is 0. The van der Waals surface area contributed by atoms with Gasteiger partial charge in [-0.3, -0.25) is 4.79 Å². The standard InChI is InChI=1S/C14H19FN2O3/c15-10-1-4-13(5-2-10)20-9-12(18)8-16-7-11-3-6-14(19)17-11/h1-2,4-5,11-12,16,18H,3,6-9H2,(H,17,19). The van der Waals surface area contributed by atoms with Gasteiger partial charge in [-0.1, -0.05) is 0 Å². The highest BCUT2D eigenvalue weighted by atomic mass is 19.1. The van der Waals surface area contributed by atoms with Crippen molar-refractivity contribution in [2.75, 3.05) is 19.7 Å². The molecule has 3 N–H and O–H groups in total. The number of benzene rings is 1. The topological polar surface area (TPSA) is 70.6 Å². The summed E-state index contributed by atoms with van der Waals surface area (Å²) >= 11 is 0. The van der Waals surface area contributed by atoms with E-state index in [9.17, 15) is 14.3 Å². The molecule has 20 heavy (non-hydrogen) atoms. The van der Waals surface area contributed by atoms with E-state index in [0.29, 0.717) is 25.3 Å². The monoisotopic (exact) mass is 282 g/mol. The number of ether oxygens (including phenoxy) is 1. The van der Waals surface area contributed by atoms with Crippen LogP contribution in [0.1, 0.15) is 12.8 Å². The zero-order valence-electron chi connectivity index (χ0n) is 11.1. The molecule has 2 unspecified atom stereocenters. The zero-order valence-corrected chi connectivity index (χ0v) is 11.1. The average molecular weight is 282 g/mol. The molecule has 1 aromatic carbocycles. The van der Waals surface area contributed by atoms with Crippen molar-refractivity contribution in [2.24, 2.45) is 0 Å². The molecule has 110 valence electrons. The van der Waals surface area contributed by atoms with Gasteiger partial charge in [-0.2, -0.15) is 0 Å². The van der Waals surface area contributed by atoms with Gasteiger partial charge in [0, 0.05) is 25.6 Å². The third kappa shape index (κ3) is 4.79. The Balaban J connectivity index is 1.59. The van der Waals surface area contributed by atoms with Crippen LogP contribution >= 0.6 is 0 Å². The van der Waals surface area contributed by atoms with Crippen LogP contribution in [0.2, 0.25) is 0 Å². The number of hydrogen-bond acceptors (Lipinski definition) is 4. The molecule has 1 heterocycles. The Kier molecular flexibility index (Phi) is 5.31. The number of aliphatic hydroxyl groups excluding tert-OH is 1. The van der Waals surface area contributed by atoms with Gasteiger partial charge in [0.05, 0.1) is 0 Å². The lowest BCUT2D eigenvalue weighted by Crippen LogP contribution is -2.40. The lowest BCUT2D eigenvalue weighted by atomic mass is 10.2. The maximum absolute atomic E-state index is 12.7. The predicted molar refractivity (Wildman–Crippen MR) is 71.9 cm³/mol. The average Bonchev–Trinajstić information content (AvgIpc) is 2.84. The van der Waals surface area contributed by atoms with Gasteiger partial charge in [-0.05, 0) is 30.7 Å². The molecule has 2 rings (SSSR count). The highest BCUT2D eigenvalue weighted by molar-refractivity contribution is 5.78. The number of hydrogen-bond donors (Lipinski definition) is 3. The zero-order chi connectivity index (χ0) is 14.4. The first kappa shape index (κ1) is 14.7. The van der Waals surface area contributed by atoms with E-state index in [1.807, 2.05) is 0 Å². The first-order valence-corrected chi connectivity index (χ1v) is 6.70. The molecule has 1 aliphatic heterocycles. The molecule has 0 radical (unpaired) electrons. The molecule has 1 amide bonds. The predicted octanol–water partition coefficient (Wildman–Crippen LogP) is 0.434. The van der Waals surface area contributed by atoms with E-state index in [2.05, 4.69) is 10.6 Å². The number of carbonyl (C=O) groups is 1. The summed E-state index contributed by atoms with van der Waals surface area (Å²) < 4.78 is 18.0. The van der Waals surface area contributed by atoms with Crippen LogP contribution in [0.3, 0.4) is 0 Å². The highest BCUT2D eigenvalue weighted by Gasteiger charge is 2.20. The Bertz CT molecular complexity index is 439. The fourth-order valence-electron chi connectivity index (χ4n) is 2.04. The molecular formula is C14H19FN2O3. The van der Waals surface area contributed by atoms with Gasteiger partial charge < -0.3 is 20.5 Å². The molecular weight excluding hydrogens is 263 g/mol. The molecule has 1 aliphatic rings. The molecule has 0 aliphatic carbocycles. The van der Waals surface area contributed by atoms with Gasteiger partial charge in [-0.15, -0.1) is 0 Å². The minimum absolute atomic E-state index is 0.0805. The third-order valence-corrected chi connectivity index (χ3v) is 3.11. The summed E-state index contributed by atoms with van der Waals surface area (Å²) in [4.78, 5) is 11.0. The molecule has 0 bridgehead atoms. The van der Waals surface area contributed by atoms with Gasteiger partial charge in [0.15, 0.2) is 0 Å². The molecule has 2 atom stereocenters. The van der Waals surface area contributed by atoms with Crippen molar-refractivity contribution >= 4 is 5.91 Å². The minimum atomic E-state index is -0.655. The normalized spacial score (nSPS) is 19.7. The number of nitrogens with one attached hydrogen (secondary N) is 2. The van der Waals surface area contributed by atoms with Crippen LogP contribution in [-0.2, 0) is 4.79 Å². The second-order valence-electron chi connectivity index (χ2n) is 4.88. The smallest absolute Gasteiger partial charge is 0.220 e. The van der Waals surface area contributed by atoms with Crippen molar-refractivity contribution in [3.63, 3.8) is 0 Å². The Labute approximate surface area is 117 Å². The van der Waals surface area contributed by atoms with Crippen LogP contribution < -0.4 is 15.4 Å². The molecule has 0 aromatic heterocycles. The van der Waals surface area contributed by atoms with E-state index in [0.717, 1.165) is 6.42 Å². The Hall–Kier alpha value is -1.66. The molecule has 0 saturated carbocycles. The SMILES string of the molecule is O=C1CCC(CNCC(O)COc2ccc(F)cc2)N1. The Morgan fingerprint density at radius 3 is 2.85 bits per heavy atom. The van der Waals surface area contributed by atoms with Gasteiger partial charge in [0.25, 0.3) is 0 Å². The maximum atomic E-state index is 12.7. The van der Waals surface area contributed by atoms with Crippen LogP contribution in [0.25, 0.3) is 0 Å². The van der Waals surface area contributed by atoms with Gasteiger partial charge in [0.1, 0.15) is 24.3 Å². The van der Waals surface area contributed by atoms with Gasteiger partial charge in [0.2, 0.25) is 5.91 Å². The summed E-state index contributed by atoms with van der Waals surface area (Å²) in [6.45, 7) is 1.16. The molecule has 1 saturated heterocycles. The fourth-order valence-corrected chi connectivity index (χ4v) is 2.04. The fraction of sp³-hybridized carbons (Fsp3) is 0.500. The molecule has 6 heteroatoms. The molecule has 5 nitrogen and oxygen atoms in total. The summed E-state index contributed by atoms with van der Waals surface area (Å²) in [5, 5.41) is 15.7. The lowest BCUT2D eigenvalue weighted by molar-refractivity contribution is -0.119. The van der Waals surface area contributed by atoms with E-state index >= 15 is 0 Å². The van der Waals surface area contributed by atoms with Crippen LogP contribution in [0.5, 0.6) is 5.75 Å². The number of carbonyl (C=O) groups excluding carboxylic acids is 1. The Morgan fingerprint density at radius 1 is 1.45 bits per heavy atom. The van der Waals surface area contributed by atoms with E-state index in [1.165, 1.54) is 24.3 Å². The first-order chi connectivity index (χ1) is 9.63. The second kappa shape index (κ2) is 7.21. The third-order valence-electron chi connectivity index (χ3n) is 3.11. The van der Waals surface area contributed by atoms with Gasteiger partial charge in [-0.25, -0.2) is 4.39 Å². The van der Waals surface area contributed by atoms with Crippen molar-refractivity contribution in [3.8, 4) is 5.75 Å². The maximum Gasteiger partial charge on any atom is 0.220 e. The van der Waals surface area contributed by atoms with Crippen molar-refractivity contribution < 1.29 is 19.0 Å². The van der Waals surface area contributed by atoms with Crippen LogP contribution in [0.4, 0.5) is 4.39 Å². The van der Waals surface area contributed by atoms with Crippen molar-refractivity contribution in [1.29, 1.82) is 0 Å². The van der Waals surface area contributed by atoms with E-state index in [1.54, 1.807) is 0 Å². The van der Waals surface area contributed by atoms with Crippen molar-refractivity contribution in [1.82, 2.24) is 10.6 Å². The Morgan fingerprint density at radius 2 is 2.20 bits per heavy atom. The number of aliphatic hydroxyl groups is 1. The molecule has 1 aromatic rings. The summed E-state index contributed by atoms with van der Waals surface area (Å²) in [6, 6.07) is 5.80. The molecule has 1 fully saturated rings. The number of halogens is 1. The van der Waals surface area contributed by atoms with E-state index < -0.39 is 6.10 Å². The first-order valence-electron chi connectivity index (χ1n) is 6.70. The molecule has 0 spiro atoms.